The van der Waals surface area contributed by atoms with E-state index < -0.39 is 6.10 Å². The topological polar surface area (TPSA) is 58.6 Å². The van der Waals surface area contributed by atoms with E-state index in [0.717, 1.165) is 4.47 Å². The number of benzene rings is 1. The first-order chi connectivity index (χ1) is 7.58. The Morgan fingerprint density at radius 3 is 3.00 bits per heavy atom. The lowest BCUT2D eigenvalue weighted by Crippen LogP contribution is -2.34. The molecule has 4 nitrogen and oxygen atoms in total. The number of hydrogen-bond donors (Lipinski definition) is 2. The van der Waals surface area contributed by atoms with Crippen LogP contribution in [0.25, 0.3) is 0 Å². The van der Waals surface area contributed by atoms with Crippen molar-refractivity contribution < 1.29 is 14.6 Å². The fourth-order valence-electron chi connectivity index (χ4n) is 1.02. The third-order valence-corrected chi connectivity index (χ3v) is 2.25. The Morgan fingerprint density at radius 2 is 2.38 bits per heavy atom. The summed E-state index contributed by atoms with van der Waals surface area (Å²) in [7, 11) is 0. The molecule has 1 rings (SSSR count). The first-order valence-electron chi connectivity index (χ1n) is 4.91. The SMILES string of the molecule is CC(O)CNC(=O)COc1cccc(Br)c1. The standard InChI is InChI=1S/C11H14BrNO3/c1-8(14)6-13-11(15)7-16-10-4-2-3-9(12)5-10/h2-5,8,14H,6-7H2,1H3,(H,13,15). The minimum atomic E-state index is -0.546. The molecule has 1 aromatic carbocycles. The van der Waals surface area contributed by atoms with E-state index >= 15 is 0 Å². The molecule has 1 amide bonds. The highest BCUT2D eigenvalue weighted by Crippen LogP contribution is 2.17. The average molecular weight is 288 g/mol. The Balaban J connectivity index is 2.31. The van der Waals surface area contributed by atoms with Crippen LogP contribution in [-0.4, -0.2) is 30.3 Å². The molecule has 1 atom stereocenters. The molecule has 0 bridgehead atoms. The Labute approximate surface area is 103 Å². The molecular formula is C11H14BrNO3. The van der Waals surface area contributed by atoms with E-state index in [9.17, 15) is 4.79 Å². The van der Waals surface area contributed by atoms with Crippen LogP contribution in [0.1, 0.15) is 6.92 Å². The molecule has 1 unspecified atom stereocenters. The summed E-state index contributed by atoms with van der Waals surface area (Å²) in [5.74, 6) is 0.377. The van der Waals surface area contributed by atoms with Gasteiger partial charge in [0.2, 0.25) is 0 Å². The smallest absolute Gasteiger partial charge is 0.258 e. The molecule has 0 aliphatic carbocycles. The van der Waals surface area contributed by atoms with Crippen molar-refractivity contribution in [2.45, 2.75) is 13.0 Å². The molecule has 0 aliphatic heterocycles. The number of amides is 1. The van der Waals surface area contributed by atoms with E-state index in [1.807, 2.05) is 12.1 Å². The lowest BCUT2D eigenvalue weighted by atomic mass is 10.3. The highest BCUT2D eigenvalue weighted by Gasteiger charge is 2.04. The summed E-state index contributed by atoms with van der Waals surface area (Å²) in [6.07, 6.45) is -0.546. The summed E-state index contributed by atoms with van der Waals surface area (Å²) in [6.45, 7) is 1.79. The van der Waals surface area contributed by atoms with Gasteiger partial charge in [0.05, 0.1) is 6.10 Å². The average Bonchev–Trinajstić information content (AvgIpc) is 2.23. The number of hydrogen-bond acceptors (Lipinski definition) is 3. The van der Waals surface area contributed by atoms with Crippen LogP contribution in [0.5, 0.6) is 5.75 Å². The zero-order valence-electron chi connectivity index (χ0n) is 8.94. The lowest BCUT2D eigenvalue weighted by Gasteiger charge is -2.08. The molecule has 16 heavy (non-hydrogen) atoms. The van der Waals surface area contributed by atoms with Crippen molar-refractivity contribution in [1.82, 2.24) is 5.32 Å². The van der Waals surface area contributed by atoms with E-state index in [2.05, 4.69) is 21.2 Å². The molecule has 0 saturated carbocycles. The number of halogens is 1. The largest absolute Gasteiger partial charge is 0.484 e. The third kappa shape index (κ3) is 5.14. The van der Waals surface area contributed by atoms with Crippen molar-refractivity contribution in [3.63, 3.8) is 0 Å². The van der Waals surface area contributed by atoms with Gasteiger partial charge >= 0.3 is 0 Å². The van der Waals surface area contributed by atoms with E-state index in [1.165, 1.54) is 0 Å². The van der Waals surface area contributed by atoms with Gasteiger partial charge < -0.3 is 15.2 Å². The molecule has 0 aromatic heterocycles. The van der Waals surface area contributed by atoms with Crippen LogP contribution in [0, 0.1) is 0 Å². The first kappa shape index (κ1) is 13.0. The van der Waals surface area contributed by atoms with Crippen LogP contribution < -0.4 is 10.1 Å². The summed E-state index contributed by atoms with van der Waals surface area (Å²) < 4.78 is 6.15. The van der Waals surface area contributed by atoms with E-state index in [1.54, 1.807) is 19.1 Å². The lowest BCUT2D eigenvalue weighted by molar-refractivity contribution is -0.123. The third-order valence-electron chi connectivity index (χ3n) is 1.76. The summed E-state index contributed by atoms with van der Waals surface area (Å²) in [5, 5.41) is 11.5. The van der Waals surface area contributed by atoms with Gasteiger partial charge in [0.1, 0.15) is 5.75 Å². The van der Waals surface area contributed by atoms with Crippen molar-refractivity contribution in [3.05, 3.63) is 28.7 Å². The van der Waals surface area contributed by atoms with Crippen LogP contribution in [0.4, 0.5) is 0 Å². The number of ether oxygens (including phenoxy) is 1. The van der Waals surface area contributed by atoms with Crippen molar-refractivity contribution in [1.29, 1.82) is 0 Å². The zero-order valence-corrected chi connectivity index (χ0v) is 10.5. The van der Waals surface area contributed by atoms with Gasteiger partial charge in [-0.2, -0.15) is 0 Å². The predicted molar refractivity (Wildman–Crippen MR) is 64.3 cm³/mol. The minimum Gasteiger partial charge on any atom is -0.484 e. The maximum Gasteiger partial charge on any atom is 0.258 e. The van der Waals surface area contributed by atoms with Gasteiger partial charge in [-0.05, 0) is 25.1 Å². The van der Waals surface area contributed by atoms with E-state index in [0.29, 0.717) is 5.75 Å². The monoisotopic (exact) mass is 287 g/mol. The molecule has 0 saturated heterocycles. The number of aliphatic hydroxyl groups is 1. The quantitative estimate of drug-likeness (QED) is 0.859. The molecule has 0 aliphatic rings. The summed E-state index contributed by atoms with van der Waals surface area (Å²) >= 11 is 3.31. The minimum absolute atomic E-state index is 0.0524. The second kappa shape index (κ2) is 6.50. The fraction of sp³-hybridized carbons (Fsp3) is 0.364. The number of nitrogens with one attached hydrogen (secondary N) is 1. The number of carbonyl (C=O) groups excluding carboxylic acids is 1. The molecule has 0 radical (unpaired) electrons. The van der Waals surface area contributed by atoms with Gasteiger partial charge in [-0.25, -0.2) is 0 Å². The molecule has 0 heterocycles. The van der Waals surface area contributed by atoms with Crippen molar-refractivity contribution in [2.24, 2.45) is 0 Å². The normalized spacial score (nSPS) is 11.9. The fourth-order valence-corrected chi connectivity index (χ4v) is 1.40. The second-order valence-electron chi connectivity index (χ2n) is 3.40. The second-order valence-corrected chi connectivity index (χ2v) is 4.31. The van der Waals surface area contributed by atoms with Crippen LogP contribution in [-0.2, 0) is 4.79 Å². The molecule has 5 heteroatoms. The highest BCUT2D eigenvalue weighted by atomic mass is 79.9. The Morgan fingerprint density at radius 1 is 1.62 bits per heavy atom. The maximum absolute atomic E-state index is 11.2. The van der Waals surface area contributed by atoms with Crippen LogP contribution in [0.15, 0.2) is 28.7 Å². The number of aliphatic hydroxyl groups excluding tert-OH is 1. The Bertz CT molecular complexity index is 355. The van der Waals surface area contributed by atoms with Gasteiger partial charge in [0.15, 0.2) is 6.61 Å². The van der Waals surface area contributed by atoms with Crippen molar-refractivity contribution in [3.8, 4) is 5.75 Å². The molecule has 1 aromatic rings. The van der Waals surface area contributed by atoms with Gasteiger partial charge in [-0.15, -0.1) is 0 Å². The Kier molecular flexibility index (Phi) is 5.28. The highest BCUT2D eigenvalue weighted by molar-refractivity contribution is 9.10. The molecule has 0 fully saturated rings. The number of rotatable bonds is 5. The number of carbonyl (C=O) groups is 1. The first-order valence-corrected chi connectivity index (χ1v) is 5.70. The van der Waals surface area contributed by atoms with Gasteiger partial charge in [0.25, 0.3) is 5.91 Å². The van der Waals surface area contributed by atoms with Crippen molar-refractivity contribution >= 4 is 21.8 Å². The molecular weight excluding hydrogens is 274 g/mol. The van der Waals surface area contributed by atoms with Crippen molar-refractivity contribution in [2.75, 3.05) is 13.2 Å². The predicted octanol–water partition coefficient (Wildman–Crippen LogP) is 1.32. The molecule has 2 N–H and O–H groups in total. The van der Waals surface area contributed by atoms with Gasteiger partial charge in [-0.1, -0.05) is 22.0 Å². The van der Waals surface area contributed by atoms with Crippen LogP contribution >= 0.6 is 15.9 Å². The molecule has 88 valence electrons. The van der Waals surface area contributed by atoms with E-state index in [-0.39, 0.29) is 19.1 Å². The summed E-state index contributed by atoms with van der Waals surface area (Å²) in [5.41, 5.74) is 0. The van der Waals surface area contributed by atoms with Crippen LogP contribution in [0.2, 0.25) is 0 Å². The van der Waals surface area contributed by atoms with Crippen LogP contribution in [0.3, 0.4) is 0 Å². The summed E-state index contributed by atoms with van der Waals surface area (Å²) in [6, 6.07) is 7.25. The maximum atomic E-state index is 11.2. The van der Waals surface area contributed by atoms with Gasteiger partial charge in [0, 0.05) is 11.0 Å². The molecule has 0 spiro atoms. The van der Waals surface area contributed by atoms with Gasteiger partial charge in [-0.3, -0.25) is 4.79 Å². The summed E-state index contributed by atoms with van der Waals surface area (Å²) in [4.78, 5) is 11.2. The zero-order chi connectivity index (χ0) is 12.0. The Hall–Kier alpha value is -1.07. The van der Waals surface area contributed by atoms with E-state index in [4.69, 9.17) is 9.84 Å².